The van der Waals surface area contributed by atoms with E-state index in [2.05, 4.69) is 5.32 Å². The molecule has 23 heavy (non-hydrogen) atoms. The van der Waals surface area contributed by atoms with Gasteiger partial charge in [0.2, 0.25) is 0 Å². The van der Waals surface area contributed by atoms with E-state index in [0.29, 0.717) is 5.92 Å². The molecule has 0 radical (unpaired) electrons. The Hall–Kier alpha value is -2.15. The van der Waals surface area contributed by atoms with Crippen molar-refractivity contribution < 1.29 is 24.5 Å². The van der Waals surface area contributed by atoms with Crippen LogP contribution in [0.15, 0.2) is 24.3 Å². The van der Waals surface area contributed by atoms with E-state index in [0.717, 1.165) is 25.9 Å². The van der Waals surface area contributed by atoms with Gasteiger partial charge >= 0.3 is 11.7 Å². The Balaban J connectivity index is 1.91. The third-order valence-electron chi connectivity index (χ3n) is 4.21. The Morgan fingerprint density at radius 2 is 2.00 bits per heavy atom. The van der Waals surface area contributed by atoms with Crippen LogP contribution in [-0.4, -0.2) is 36.2 Å². The Morgan fingerprint density at radius 1 is 1.35 bits per heavy atom. The molecule has 126 valence electrons. The number of rotatable bonds is 6. The molecule has 0 amide bonds. The van der Waals surface area contributed by atoms with E-state index < -0.39 is 16.5 Å². The molecule has 0 unspecified atom stereocenters. The number of piperidine rings is 1. The van der Waals surface area contributed by atoms with Crippen LogP contribution in [0.2, 0.25) is 0 Å². The molecule has 1 fully saturated rings. The summed E-state index contributed by atoms with van der Waals surface area (Å²) in [6.45, 7) is 5.56. The second kappa shape index (κ2) is 7.41. The summed E-state index contributed by atoms with van der Waals surface area (Å²) < 4.78 is 10.8. The molecule has 7 nitrogen and oxygen atoms in total. The minimum absolute atomic E-state index is 0.0690. The molecule has 0 atom stereocenters. The van der Waals surface area contributed by atoms with Gasteiger partial charge in [0, 0.05) is 24.8 Å². The summed E-state index contributed by atoms with van der Waals surface area (Å²) in [5.74, 6) is -0.121. The summed E-state index contributed by atoms with van der Waals surface area (Å²) in [4.78, 5) is 22.4. The van der Waals surface area contributed by atoms with Gasteiger partial charge in [-0.25, -0.2) is 4.79 Å². The molecule has 1 aromatic carbocycles. The quantitative estimate of drug-likeness (QED) is 0.483. The smallest absolute Gasteiger partial charge is 0.344 e. The summed E-state index contributed by atoms with van der Waals surface area (Å²) in [5, 5.41) is 13.2. The molecule has 1 heterocycles. The monoisotopic (exact) mass is 323 g/mol. The zero-order valence-electron chi connectivity index (χ0n) is 13.5. The maximum Gasteiger partial charge on any atom is 0.344 e. The lowest BCUT2D eigenvalue weighted by molar-refractivity contribution is -0.665. The molecule has 0 spiro atoms. The van der Waals surface area contributed by atoms with Gasteiger partial charge in [-0.3, -0.25) is 10.1 Å². The number of nitrogens with zero attached hydrogens (tertiary/aromatic N) is 1. The van der Waals surface area contributed by atoms with Crippen molar-refractivity contribution in [3.8, 4) is 5.75 Å². The molecule has 1 aliphatic heterocycles. The molecule has 0 aliphatic carbocycles. The molecule has 0 saturated carbocycles. The average molecular weight is 323 g/mol. The zero-order chi connectivity index (χ0) is 16.9. The van der Waals surface area contributed by atoms with Crippen LogP contribution in [0.4, 0.5) is 5.69 Å². The van der Waals surface area contributed by atoms with Gasteiger partial charge in [0.05, 0.1) is 18.0 Å². The average Bonchev–Trinajstić information content (AvgIpc) is 2.53. The maximum atomic E-state index is 12.0. The van der Waals surface area contributed by atoms with E-state index >= 15 is 0 Å². The largest absolute Gasteiger partial charge is 0.475 e. The predicted molar refractivity (Wildman–Crippen MR) is 83.1 cm³/mol. The molecular weight excluding hydrogens is 300 g/mol. The van der Waals surface area contributed by atoms with Crippen molar-refractivity contribution in [2.45, 2.75) is 32.3 Å². The highest BCUT2D eigenvalue weighted by Gasteiger charge is 2.35. The van der Waals surface area contributed by atoms with Crippen molar-refractivity contribution in [1.82, 2.24) is 0 Å². The molecule has 0 aromatic heterocycles. The van der Waals surface area contributed by atoms with Crippen molar-refractivity contribution in [2.24, 2.45) is 5.92 Å². The predicted octanol–water partition coefficient (Wildman–Crippen LogP) is 1.27. The van der Waals surface area contributed by atoms with Crippen LogP contribution in [0.3, 0.4) is 0 Å². The molecule has 1 aliphatic rings. The topological polar surface area (TPSA) is 95.3 Å². The minimum Gasteiger partial charge on any atom is -0.475 e. The standard InChI is InChI=1S/C16H22N2O5/c1-16(2,12-7-9-17-10-8-12)23-15(19)11-22-14-6-4-3-5-13(14)18(20)21/h3-6,12,17H,7-11H2,1-2H3/p+1. The van der Waals surface area contributed by atoms with Crippen LogP contribution >= 0.6 is 0 Å². The minimum atomic E-state index is -0.558. The van der Waals surface area contributed by atoms with Gasteiger partial charge in [-0.05, 0) is 19.9 Å². The van der Waals surface area contributed by atoms with Crippen molar-refractivity contribution in [3.63, 3.8) is 0 Å². The van der Waals surface area contributed by atoms with Crippen molar-refractivity contribution in [3.05, 3.63) is 34.4 Å². The van der Waals surface area contributed by atoms with Gasteiger partial charge in [0.1, 0.15) is 5.60 Å². The van der Waals surface area contributed by atoms with Crippen LogP contribution in [-0.2, 0) is 9.53 Å². The second-order valence-corrected chi connectivity index (χ2v) is 6.23. The van der Waals surface area contributed by atoms with Crippen LogP contribution in [0, 0.1) is 16.0 Å². The van der Waals surface area contributed by atoms with Gasteiger partial charge in [-0.15, -0.1) is 0 Å². The van der Waals surface area contributed by atoms with Crippen LogP contribution in [0.5, 0.6) is 5.75 Å². The zero-order valence-corrected chi connectivity index (χ0v) is 13.5. The van der Waals surface area contributed by atoms with E-state index in [1.807, 2.05) is 13.8 Å². The number of nitro benzene ring substituents is 1. The number of hydrogen-bond donors (Lipinski definition) is 1. The van der Waals surface area contributed by atoms with E-state index in [1.54, 1.807) is 12.1 Å². The van der Waals surface area contributed by atoms with Crippen LogP contribution in [0.25, 0.3) is 0 Å². The van der Waals surface area contributed by atoms with Gasteiger partial charge in [0.15, 0.2) is 12.4 Å². The van der Waals surface area contributed by atoms with Gasteiger partial charge in [-0.2, -0.15) is 0 Å². The Labute approximate surface area is 135 Å². The van der Waals surface area contributed by atoms with Crippen LogP contribution < -0.4 is 10.1 Å². The highest BCUT2D eigenvalue weighted by Crippen LogP contribution is 2.29. The second-order valence-electron chi connectivity index (χ2n) is 6.23. The van der Waals surface area contributed by atoms with E-state index in [9.17, 15) is 14.9 Å². The van der Waals surface area contributed by atoms with Gasteiger partial charge in [0.25, 0.3) is 0 Å². The summed E-state index contributed by atoms with van der Waals surface area (Å²) in [7, 11) is 0. The molecule has 2 N–H and O–H groups in total. The lowest BCUT2D eigenvalue weighted by Gasteiger charge is -2.35. The lowest BCUT2D eigenvalue weighted by Crippen LogP contribution is -2.86. The molecular formula is C16H23N2O5+. The molecule has 2 rings (SSSR count). The Bertz CT molecular complexity index is 567. The van der Waals surface area contributed by atoms with Crippen molar-refractivity contribution in [1.29, 1.82) is 0 Å². The first kappa shape index (κ1) is 17.2. The SMILES string of the molecule is CC(C)(OC(=O)COc1ccccc1[N+](=O)[O-])C1CC[NH2+]CC1. The number of benzene rings is 1. The highest BCUT2D eigenvalue weighted by atomic mass is 16.6. The number of nitrogens with two attached hydrogens (primary N) is 1. The molecule has 1 saturated heterocycles. The summed E-state index contributed by atoms with van der Waals surface area (Å²) in [6, 6.07) is 5.97. The highest BCUT2D eigenvalue weighted by molar-refractivity contribution is 5.71. The Kier molecular flexibility index (Phi) is 5.54. The fourth-order valence-electron chi connectivity index (χ4n) is 2.89. The number of quaternary nitrogens is 1. The number of hydrogen-bond acceptors (Lipinski definition) is 5. The normalized spacial score (nSPS) is 15.9. The molecule has 7 heteroatoms. The van der Waals surface area contributed by atoms with Crippen molar-refractivity contribution in [2.75, 3.05) is 19.7 Å². The molecule has 1 aromatic rings. The summed E-state index contributed by atoms with van der Waals surface area (Å²) in [5.41, 5.74) is -0.723. The first-order valence-corrected chi connectivity index (χ1v) is 7.80. The number of carbonyl (C=O) groups excluding carboxylic acids is 1. The number of esters is 1. The summed E-state index contributed by atoms with van der Waals surface area (Å²) in [6.07, 6.45) is 2.01. The van der Waals surface area contributed by atoms with E-state index in [-0.39, 0.29) is 18.0 Å². The van der Waals surface area contributed by atoms with E-state index in [4.69, 9.17) is 9.47 Å². The number of ether oxygens (including phenoxy) is 2. The van der Waals surface area contributed by atoms with Gasteiger partial charge in [-0.1, -0.05) is 12.1 Å². The van der Waals surface area contributed by atoms with Crippen LogP contribution in [0.1, 0.15) is 26.7 Å². The van der Waals surface area contributed by atoms with Gasteiger partial charge < -0.3 is 14.8 Å². The first-order chi connectivity index (χ1) is 10.9. The number of carbonyl (C=O) groups is 1. The molecule has 0 bridgehead atoms. The third kappa shape index (κ3) is 4.66. The number of nitro groups is 1. The van der Waals surface area contributed by atoms with E-state index in [1.165, 1.54) is 12.1 Å². The fourth-order valence-corrected chi connectivity index (χ4v) is 2.89. The third-order valence-corrected chi connectivity index (χ3v) is 4.21. The van der Waals surface area contributed by atoms with Crippen molar-refractivity contribution >= 4 is 11.7 Å². The fraction of sp³-hybridized carbons (Fsp3) is 0.562. The first-order valence-electron chi connectivity index (χ1n) is 7.80. The summed E-state index contributed by atoms with van der Waals surface area (Å²) >= 11 is 0. The number of para-hydroxylation sites is 2. The lowest BCUT2D eigenvalue weighted by atomic mass is 9.83. The Morgan fingerprint density at radius 3 is 2.65 bits per heavy atom. The maximum absolute atomic E-state index is 12.0.